The van der Waals surface area contributed by atoms with Crippen LogP contribution in [0.5, 0.6) is 5.88 Å². The van der Waals surface area contributed by atoms with E-state index >= 15 is 0 Å². The molecule has 7 nitrogen and oxygen atoms in total. The molecule has 162 valence electrons. The lowest BCUT2D eigenvalue weighted by Gasteiger charge is -2.37. The van der Waals surface area contributed by atoms with Crippen LogP contribution in [0.1, 0.15) is 25.3 Å². The quantitative estimate of drug-likeness (QED) is 0.567. The zero-order valence-corrected chi connectivity index (χ0v) is 16.5. The van der Waals surface area contributed by atoms with Gasteiger partial charge in [-0.15, -0.1) is 0 Å². The lowest BCUT2D eigenvalue weighted by Crippen LogP contribution is -2.53. The van der Waals surface area contributed by atoms with E-state index in [9.17, 15) is 13.2 Å². The number of aliphatic imine (C=N–C) groups is 1. The van der Waals surface area contributed by atoms with Gasteiger partial charge in [0.15, 0.2) is 12.6 Å². The van der Waals surface area contributed by atoms with Crippen molar-refractivity contribution in [3.63, 3.8) is 0 Å². The first-order valence-corrected chi connectivity index (χ1v) is 9.85. The maximum Gasteiger partial charge on any atom is 0.422 e. The molecule has 0 aromatic carbocycles. The summed E-state index contributed by atoms with van der Waals surface area (Å²) in [7, 11) is 0. The Morgan fingerprint density at radius 1 is 1.34 bits per heavy atom. The van der Waals surface area contributed by atoms with Gasteiger partial charge in [0.2, 0.25) is 5.88 Å². The topological polar surface area (TPSA) is 68.2 Å². The number of aromatic nitrogens is 1. The average Bonchev–Trinajstić information content (AvgIpc) is 3.24. The van der Waals surface area contributed by atoms with Crippen LogP contribution in [0.15, 0.2) is 23.3 Å². The molecule has 2 aliphatic heterocycles. The van der Waals surface area contributed by atoms with Gasteiger partial charge in [-0.2, -0.15) is 13.2 Å². The highest BCUT2D eigenvalue weighted by molar-refractivity contribution is 5.80. The minimum absolute atomic E-state index is 0.0124. The molecule has 0 spiro atoms. The molecule has 10 heteroatoms. The molecular weight excluding hydrogens is 389 g/mol. The molecule has 0 aliphatic carbocycles. The highest BCUT2D eigenvalue weighted by Crippen LogP contribution is 2.21. The number of hydrogen-bond donors (Lipinski definition) is 1. The number of pyridine rings is 1. The molecule has 0 bridgehead atoms. The third kappa shape index (κ3) is 6.74. The fourth-order valence-electron chi connectivity index (χ4n) is 3.36. The number of halogens is 3. The van der Waals surface area contributed by atoms with Gasteiger partial charge >= 0.3 is 6.18 Å². The maximum absolute atomic E-state index is 12.3. The summed E-state index contributed by atoms with van der Waals surface area (Å²) in [6.07, 6.45) is -0.786. The molecule has 2 fully saturated rings. The Hall–Kier alpha value is -2.07. The number of guanidine groups is 1. The number of morpholine rings is 1. The summed E-state index contributed by atoms with van der Waals surface area (Å²) in [5.74, 6) is 0.679. The van der Waals surface area contributed by atoms with Crippen molar-refractivity contribution in [1.82, 2.24) is 15.2 Å². The first-order chi connectivity index (χ1) is 13.9. The molecule has 1 aromatic heterocycles. The molecule has 1 aromatic rings. The monoisotopic (exact) mass is 416 g/mol. The van der Waals surface area contributed by atoms with Crippen LogP contribution in [0.2, 0.25) is 0 Å². The van der Waals surface area contributed by atoms with E-state index in [1.54, 1.807) is 6.07 Å². The summed E-state index contributed by atoms with van der Waals surface area (Å²) < 4.78 is 53.3. The van der Waals surface area contributed by atoms with E-state index in [-0.39, 0.29) is 18.1 Å². The molecule has 2 saturated heterocycles. The molecule has 2 atom stereocenters. The van der Waals surface area contributed by atoms with Gasteiger partial charge in [-0.25, -0.2) is 9.98 Å². The number of nitrogens with one attached hydrogen (secondary N) is 1. The van der Waals surface area contributed by atoms with Crippen molar-refractivity contribution >= 4 is 5.96 Å². The van der Waals surface area contributed by atoms with Crippen molar-refractivity contribution in [2.24, 2.45) is 4.99 Å². The van der Waals surface area contributed by atoms with Crippen molar-refractivity contribution in [3.05, 3.63) is 23.9 Å². The van der Waals surface area contributed by atoms with Crippen LogP contribution in [0.25, 0.3) is 0 Å². The Kier molecular flexibility index (Phi) is 7.54. The van der Waals surface area contributed by atoms with Gasteiger partial charge in [-0.05, 0) is 31.4 Å². The summed E-state index contributed by atoms with van der Waals surface area (Å²) in [6, 6.07) is 3.19. The average molecular weight is 416 g/mol. The highest BCUT2D eigenvalue weighted by atomic mass is 19.4. The third-order valence-electron chi connectivity index (χ3n) is 4.70. The largest absolute Gasteiger partial charge is 0.468 e. The highest BCUT2D eigenvalue weighted by Gasteiger charge is 2.32. The molecule has 3 rings (SSSR count). The minimum Gasteiger partial charge on any atom is -0.468 e. The Morgan fingerprint density at radius 3 is 2.90 bits per heavy atom. The molecular formula is C19H27F3N4O3. The van der Waals surface area contributed by atoms with E-state index in [0.717, 1.165) is 31.0 Å². The summed E-state index contributed by atoms with van der Waals surface area (Å²) in [4.78, 5) is 10.6. The van der Waals surface area contributed by atoms with E-state index in [4.69, 9.17) is 14.2 Å². The van der Waals surface area contributed by atoms with Crippen molar-refractivity contribution in [2.45, 2.75) is 44.7 Å². The predicted octanol–water partition coefficient (Wildman–Crippen LogP) is 2.37. The molecule has 2 unspecified atom stereocenters. The van der Waals surface area contributed by atoms with E-state index in [1.165, 1.54) is 12.3 Å². The Labute approximate surface area is 168 Å². The van der Waals surface area contributed by atoms with Crippen LogP contribution in [0.4, 0.5) is 13.2 Å². The summed E-state index contributed by atoms with van der Waals surface area (Å²) in [5, 5.41) is 3.28. The van der Waals surface area contributed by atoms with E-state index in [1.807, 2.05) is 6.92 Å². The second-order valence-corrected chi connectivity index (χ2v) is 6.98. The smallest absolute Gasteiger partial charge is 0.422 e. The molecule has 2 aliphatic rings. The van der Waals surface area contributed by atoms with Crippen LogP contribution in [-0.2, 0) is 16.0 Å². The van der Waals surface area contributed by atoms with Gasteiger partial charge in [0.25, 0.3) is 0 Å². The van der Waals surface area contributed by atoms with Gasteiger partial charge in [-0.1, -0.05) is 0 Å². The zero-order valence-electron chi connectivity index (χ0n) is 16.5. The summed E-state index contributed by atoms with van der Waals surface area (Å²) in [6.45, 7) is 4.40. The second kappa shape index (κ2) is 10.1. The van der Waals surface area contributed by atoms with Gasteiger partial charge in [-0.3, -0.25) is 0 Å². The minimum atomic E-state index is -4.40. The van der Waals surface area contributed by atoms with Crippen LogP contribution in [-0.4, -0.2) is 73.7 Å². The van der Waals surface area contributed by atoms with Crippen molar-refractivity contribution < 1.29 is 27.4 Å². The van der Waals surface area contributed by atoms with Gasteiger partial charge in [0.05, 0.1) is 19.3 Å². The maximum atomic E-state index is 12.3. The van der Waals surface area contributed by atoms with Gasteiger partial charge in [0, 0.05) is 38.5 Å². The van der Waals surface area contributed by atoms with E-state index in [0.29, 0.717) is 32.8 Å². The molecule has 1 N–H and O–H groups in total. The first-order valence-electron chi connectivity index (χ1n) is 9.85. The SMILES string of the molecule is CCNC(=NCc1ccnc(OCC(F)(F)F)c1)N1CCOC(C2CCCO2)C1. The molecule has 0 saturated carbocycles. The third-order valence-corrected chi connectivity index (χ3v) is 4.70. The van der Waals surface area contributed by atoms with Crippen molar-refractivity contribution in [2.75, 3.05) is 39.5 Å². The normalized spacial score (nSPS) is 23.3. The number of hydrogen-bond acceptors (Lipinski definition) is 5. The fraction of sp³-hybridized carbons (Fsp3) is 0.684. The fourth-order valence-corrected chi connectivity index (χ4v) is 3.36. The predicted molar refractivity (Wildman–Crippen MR) is 101 cm³/mol. The molecule has 3 heterocycles. The van der Waals surface area contributed by atoms with Crippen molar-refractivity contribution in [1.29, 1.82) is 0 Å². The molecule has 0 amide bonds. The molecule has 0 radical (unpaired) electrons. The number of rotatable bonds is 6. The summed E-state index contributed by atoms with van der Waals surface area (Å²) in [5.41, 5.74) is 0.719. The number of nitrogens with zero attached hydrogens (tertiary/aromatic N) is 3. The molecule has 29 heavy (non-hydrogen) atoms. The van der Waals surface area contributed by atoms with Gasteiger partial charge < -0.3 is 24.4 Å². The number of ether oxygens (including phenoxy) is 3. The van der Waals surface area contributed by atoms with Crippen LogP contribution in [0.3, 0.4) is 0 Å². The Bertz CT molecular complexity index is 681. The summed E-state index contributed by atoms with van der Waals surface area (Å²) >= 11 is 0. The van der Waals surface area contributed by atoms with E-state index < -0.39 is 12.8 Å². The van der Waals surface area contributed by atoms with E-state index in [2.05, 4.69) is 20.2 Å². The lowest BCUT2D eigenvalue weighted by molar-refractivity contribution is -0.154. The standard InChI is InChI=1S/C19H27F3N4O3/c1-2-23-18(26-7-9-28-16(12-26)15-4-3-8-27-15)25-11-14-5-6-24-17(10-14)29-13-19(20,21)22/h5-6,10,15-16H,2-4,7-9,11-13H2,1H3,(H,23,25). The number of alkyl halides is 3. The van der Waals surface area contributed by atoms with Gasteiger partial charge in [0.1, 0.15) is 6.10 Å². The van der Waals surface area contributed by atoms with Crippen LogP contribution >= 0.6 is 0 Å². The van der Waals surface area contributed by atoms with Crippen LogP contribution in [0, 0.1) is 0 Å². The Morgan fingerprint density at radius 2 is 2.17 bits per heavy atom. The van der Waals surface area contributed by atoms with Crippen molar-refractivity contribution in [3.8, 4) is 5.88 Å². The second-order valence-electron chi connectivity index (χ2n) is 6.98. The zero-order chi connectivity index (χ0) is 20.7. The Balaban J connectivity index is 1.62. The van der Waals surface area contributed by atoms with Crippen LogP contribution < -0.4 is 10.1 Å². The lowest BCUT2D eigenvalue weighted by atomic mass is 10.1. The first kappa shape index (κ1) is 21.6.